The summed E-state index contributed by atoms with van der Waals surface area (Å²) in [6.07, 6.45) is 4.54. The molecular weight excluding hydrogens is 366 g/mol. The van der Waals surface area contributed by atoms with Crippen LogP contribution >= 0.6 is 0 Å². The second-order valence-electron chi connectivity index (χ2n) is 7.56. The maximum Gasteiger partial charge on any atom is 0.214 e. The lowest BCUT2D eigenvalue weighted by Crippen LogP contribution is -2.24. The van der Waals surface area contributed by atoms with Crippen LogP contribution in [-0.4, -0.2) is 33.7 Å². The zero-order chi connectivity index (χ0) is 20.2. The molecule has 0 bridgehead atoms. The average Bonchev–Trinajstić information content (AvgIpc) is 3.25. The Morgan fingerprint density at radius 1 is 1.10 bits per heavy atom. The standard InChI is InChI=1S/C23H25N3O3/c1-16(2)17-6-10-19(11-7-17)26-15-21(24-25-26)23(27)18-8-12-20(13-9-18)29-22-5-3-4-14-28-22/h6-13,15-16,22H,3-5,14H2,1-2H3. The number of benzene rings is 2. The molecule has 0 saturated carbocycles. The smallest absolute Gasteiger partial charge is 0.214 e. The van der Waals surface area contributed by atoms with Crippen LogP contribution in [0.15, 0.2) is 54.7 Å². The van der Waals surface area contributed by atoms with Gasteiger partial charge in [0.05, 0.1) is 18.5 Å². The lowest BCUT2D eigenvalue weighted by Gasteiger charge is -2.23. The summed E-state index contributed by atoms with van der Waals surface area (Å²) in [5.74, 6) is 0.992. The molecule has 2 heterocycles. The molecule has 4 rings (SSSR count). The molecule has 0 aliphatic carbocycles. The van der Waals surface area contributed by atoms with Crippen molar-refractivity contribution in [1.29, 1.82) is 0 Å². The molecule has 1 aliphatic heterocycles. The molecule has 3 aromatic rings. The van der Waals surface area contributed by atoms with Crippen molar-refractivity contribution in [1.82, 2.24) is 15.0 Å². The summed E-state index contributed by atoms with van der Waals surface area (Å²) in [4.78, 5) is 12.8. The molecule has 6 nitrogen and oxygen atoms in total. The summed E-state index contributed by atoms with van der Waals surface area (Å²) in [7, 11) is 0. The molecule has 0 spiro atoms. The Labute approximate surface area is 170 Å². The third-order valence-corrected chi connectivity index (χ3v) is 5.07. The summed E-state index contributed by atoms with van der Waals surface area (Å²) in [6.45, 7) is 5.04. The van der Waals surface area contributed by atoms with Gasteiger partial charge in [-0.25, -0.2) is 4.68 Å². The first-order valence-electron chi connectivity index (χ1n) is 10.1. The lowest BCUT2D eigenvalue weighted by atomic mass is 10.0. The van der Waals surface area contributed by atoms with E-state index in [1.807, 2.05) is 12.1 Å². The van der Waals surface area contributed by atoms with Crippen molar-refractivity contribution < 1.29 is 14.3 Å². The van der Waals surface area contributed by atoms with Gasteiger partial charge in [-0.1, -0.05) is 31.2 Å². The molecule has 1 unspecified atom stereocenters. The van der Waals surface area contributed by atoms with Crippen LogP contribution in [0.5, 0.6) is 5.75 Å². The van der Waals surface area contributed by atoms with E-state index in [2.05, 4.69) is 36.3 Å². The first-order chi connectivity index (χ1) is 14.1. The number of carbonyl (C=O) groups excluding carboxylic acids is 1. The van der Waals surface area contributed by atoms with Crippen molar-refractivity contribution in [3.63, 3.8) is 0 Å². The fraction of sp³-hybridized carbons (Fsp3) is 0.348. The van der Waals surface area contributed by atoms with E-state index in [0.717, 1.165) is 31.6 Å². The number of aromatic nitrogens is 3. The predicted molar refractivity (Wildman–Crippen MR) is 110 cm³/mol. The maximum absolute atomic E-state index is 12.8. The van der Waals surface area contributed by atoms with Gasteiger partial charge in [0.25, 0.3) is 0 Å². The molecule has 0 N–H and O–H groups in total. The Kier molecular flexibility index (Phi) is 5.71. The maximum atomic E-state index is 12.8. The molecular formula is C23H25N3O3. The highest BCUT2D eigenvalue weighted by Gasteiger charge is 2.17. The minimum Gasteiger partial charge on any atom is -0.465 e. The SMILES string of the molecule is CC(C)c1ccc(-n2cc(C(=O)c3ccc(OC4CCCCO4)cc3)nn2)cc1. The molecule has 29 heavy (non-hydrogen) atoms. The summed E-state index contributed by atoms with van der Waals surface area (Å²) >= 11 is 0. The van der Waals surface area contributed by atoms with Crippen LogP contribution in [0, 0.1) is 0 Å². The second kappa shape index (κ2) is 8.57. The van der Waals surface area contributed by atoms with Gasteiger partial charge in [-0.15, -0.1) is 5.10 Å². The van der Waals surface area contributed by atoms with E-state index in [0.29, 0.717) is 22.9 Å². The summed E-state index contributed by atoms with van der Waals surface area (Å²) in [5, 5.41) is 8.16. The van der Waals surface area contributed by atoms with Crippen LogP contribution in [0.3, 0.4) is 0 Å². The molecule has 0 radical (unpaired) electrons. The fourth-order valence-electron chi connectivity index (χ4n) is 3.29. The molecule has 150 valence electrons. The third kappa shape index (κ3) is 4.54. The van der Waals surface area contributed by atoms with Crippen molar-refractivity contribution in [2.75, 3.05) is 6.61 Å². The van der Waals surface area contributed by atoms with Gasteiger partial charge in [0.15, 0.2) is 12.0 Å². The van der Waals surface area contributed by atoms with E-state index >= 15 is 0 Å². The molecule has 1 atom stereocenters. The number of hydrogen-bond acceptors (Lipinski definition) is 5. The van der Waals surface area contributed by atoms with Crippen LogP contribution in [-0.2, 0) is 4.74 Å². The average molecular weight is 391 g/mol. The first-order valence-corrected chi connectivity index (χ1v) is 10.1. The summed E-state index contributed by atoms with van der Waals surface area (Å²) < 4.78 is 13.0. The molecule has 1 aliphatic rings. The second-order valence-corrected chi connectivity index (χ2v) is 7.56. The van der Waals surface area contributed by atoms with Gasteiger partial charge in [0.1, 0.15) is 5.75 Å². The van der Waals surface area contributed by atoms with Crippen molar-refractivity contribution in [3.8, 4) is 11.4 Å². The number of carbonyl (C=O) groups is 1. The van der Waals surface area contributed by atoms with Gasteiger partial charge < -0.3 is 9.47 Å². The summed E-state index contributed by atoms with van der Waals surface area (Å²) in [6, 6.07) is 15.2. The van der Waals surface area contributed by atoms with Gasteiger partial charge in [-0.3, -0.25) is 4.79 Å². The summed E-state index contributed by atoms with van der Waals surface area (Å²) in [5.41, 5.74) is 2.98. The van der Waals surface area contributed by atoms with Crippen molar-refractivity contribution >= 4 is 5.78 Å². The van der Waals surface area contributed by atoms with E-state index in [1.165, 1.54) is 5.56 Å². The minimum atomic E-state index is -0.202. The van der Waals surface area contributed by atoms with Crippen LogP contribution in [0.1, 0.15) is 60.6 Å². The molecule has 1 fully saturated rings. The van der Waals surface area contributed by atoms with E-state index in [4.69, 9.17) is 9.47 Å². The largest absolute Gasteiger partial charge is 0.465 e. The van der Waals surface area contributed by atoms with E-state index in [9.17, 15) is 4.79 Å². The Hall–Kier alpha value is -2.99. The van der Waals surface area contributed by atoms with Crippen molar-refractivity contribution in [2.24, 2.45) is 0 Å². The Morgan fingerprint density at radius 3 is 2.52 bits per heavy atom. The van der Waals surface area contributed by atoms with Gasteiger partial charge >= 0.3 is 0 Å². The van der Waals surface area contributed by atoms with Crippen molar-refractivity contribution in [2.45, 2.75) is 45.3 Å². The van der Waals surface area contributed by atoms with Gasteiger partial charge in [-0.2, -0.15) is 0 Å². The first kappa shape index (κ1) is 19.3. The van der Waals surface area contributed by atoms with Gasteiger partial charge in [0, 0.05) is 12.0 Å². The van der Waals surface area contributed by atoms with E-state index in [1.54, 1.807) is 35.1 Å². The third-order valence-electron chi connectivity index (χ3n) is 5.07. The van der Waals surface area contributed by atoms with Gasteiger partial charge in [-0.05, 0) is 60.7 Å². The number of rotatable bonds is 6. The highest BCUT2D eigenvalue weighted by molar-refractivity contribution is 6.07. The number of ether oxygens (including phenoxy) is 2. The molecule has 2 aromatic carbocycles. The van der Waals surface area contributed by atoms with Gasteiger partial charge in [0.2, 0.25) is 5.78 Å². The van der Waals surface area contributed by atoms with Crippen LogP contribution in [0.25, 0.3) is 5.69 Å². The van der Waals surface area contributed by atoms with Crippen LogP contribution in [0.4, 0.5) is 0 Å². The predicted octanol–water partition coefficient (Wildman–Crippen LogP) is 4.53. The molecule has 6 heteroatoms. The number of hydrogen-bond donors (Lipinski definition) is 0. The molecule has 0 amide bonds. The zero-order valence-electron chi connectivity index (χ0n) is 16.7. The monoisotopic (exact) mass is 391 g/mol. The van der Waals surface area contributed by atoms with Crippen LogP contribution in [0.2, 0.25) is 0 Å². The van der Waals surface area contributed by atoms with Crippen molar-refractivity contribution in [3.05, 3.63) is 71.5 Å². The highest BCUT2D eigenvalue weighted by atomic mass is 16.7. The molecule has 1 saturated heterocycles. The quantitative estimate of drug-likeness (QED) is 0.578. The van der Waals surface area contributed by atoms with E-state index < -0.39 is 0 Å². The Balaban J connectivity index is 1.44. The lowest BCUT2D eigenvalue weighted by molar-refractivity contribution is -0.105. The topological polar surface area (TPSA) is 66.2 Å². The molecule has 1 aromatic heterocycles. The Bertz CT molecular complexity index is 956. The highest BCUT2D eigenvalue weighted by Crippen LogP contribution is 2.21. The fourth-order valence-corrected chi connectivity index (χ4v) is 3.29. The van der Waals surface area contributed by atoms with Crippen LogP contribution < -0.4 is 4.74 Å². The number of nitrogens with zero attached hydrogens (tertiary/aromatic N) is 3. The normalized spacial score (nSPS) is 16.7. The minimum absolute atomic E-state index is 0.171. The Morgan fingerprint density at radius 2 is 1.86 bits per heavy atom. The number of ketones is 1. The zero-order valence-corrected chi connectivity index (χ0v) is 16.7. The van der Waals surface area contributed by atoms with E-state index in [-0.39, 0.29) is 12.1 Å².